The van der Waals surface area contributed by atoms with Gasteiger partial charge in [-0.1, -0.05) is 18.2 Å². The van der Waals surface area contributed by atoms with Crippen LogP contribution in [-0.2, 0) is 6.42 Å². The number of pyridine rings is 1. The molecule has 0 spiro atoms. The summed E-state index contributed by atoms with van der Waals surface area (Å²) in [4.78, 5) is 18.7. The number of hydrogen-bond acceptors (Lipinski definition) is 5. The number of nitrogens with one attached hydrogen (secondary N) is 2. The molecule has 1 heterocycles. The first-order valence-electron chi connectivity index (χ1n) is 9.47. The van der Waals surface area contributed by atoms with Crippen LogP contribution in [0, 0.1) is 0 Å². The largest absolute Gasteiger partial charge is 0.496 e. The summed E-state index contributed by atoms with van der Waals surface area (Å²) in [5, 5.41) is 6.23. The molecule has 1 amide bonds. The molecule has 1 aromatic heterocycles. The molecule has 6 heteroatoms. The molecule has 0 bridgehead atoms. The Morgan fingerprint density at radius 1 is 1.03 bits per heavy atom. The summed E-state index contributed by atoms with van der Waals surface area (Å²) in [7, 11) is 5.63. The van der Waals surface area contributed by atoms with Gasteiger partial charge in [0.05, 0.1) is 7.11 Å². The summed E-state index contributed by atoms with van der Waals surface area (Å²) < 4.78 is 5.38. The molecule has 2 aromatic carbocycles. The smallest absolute Gasteiger partial charge is 0.274 e. The monoisotopic (exact) mass is 390 g/mol. The lowest BCUT2D eigenvalue weighted by Crippen LogP contribution is -2.15. The number of carbonyl (C=O) groups is 1. The Labute approximate surface area is 171 Å². The van der Waals surface area contributed by atoms with Crippen LogP contribution in [0.4, 0.5) is 17.1 Å². The zero-order valence-corrected chi connectivity index (χ0v) is 17.0. The summed E-state index contributed by atoms with van der Waals surface area (Å²) in [6.07, 6.45) is 2.45. The van der Waals surface area contributed by atoms with Gasteiger partial charge in [-0.3, -0.25) is 9.78 Å². The highest BCUT2D eigenvalue weighted by atomic mass is 16.5. The number of benzene rings is 2. The topological polar surface area (TPSA) is 66.5 Å². The highest BCUT2D eigenvalue weighted by Gasteiger charge is 2.09. The molecule has 0 fully saturated rings. The van der Waals surface area contributed by atoms with Crippen molar-refractivity contribution in [2.45, 2.75) is 6.42 Å². The van der Waals surface area contributed by atoms with Gasteiger partial charge >= 0.3 is 0 Å². The van der Waals surface area contributed by atoms with Crippen molar-refractivity contribution in [1.29, 1.82) is 0 Å². The van der Waals surface area contributed by atoms with Crippen LogP contribution >= 0.6 is 0 Å². The molecular weight excluding hydrogens is 364 g/mol. The zero-order chi connectivity index (χ0) is 20.6. The van der Waals surface area contributed by atoms with E-state index in [1.165, 1.54) is 0 Å². The molecule has 0 atom stereocenters. The van der Waals surface area contributed by atoms with Crippen LogP contribution in [0.1, 0.15) is 16.1 Å². The van der Waals surface area contributed by atoms with E-state index in [1.54, 1.807) is 19.4 Å². The standard InChI is InChI=1S/C23H26N4O2/c1-27(2)20-10-8-18(9-11-20)26-23(28)21-16-19(13-15-25-21)24-14-12-17-6-4-5-7-22(17)29-3/h4-11,13,15-16H,12,14H2,1-3H3,(H,24,25)(H,26,28). The molecule has 0 saturated carbocycles. The first-order valence-corrected chi connectivity index (χ1v) is 9.47. The maximum atomic E-state index is 12.5. The van der Waals surface area contributed by atoms with Gasteiger partial charge in [-0.05, 0) is 54.4 Å². The molecule has 2 N–H and O–H groups in total. The van der Waals surface area contributed by atoms with Crippen molar-refractivity contribution in [3.8, 4) is 5.75 Å². The molecule has 0 aliphatic carbocycles. The average molecular weight is 390 g/mol. The number of methoxy groups -OCH3 is 1. The molecule has 0 aliphatic rings. The summed E-state index contributed by atoms with van der Waals surface area (Å²) >= 11 is 0. The molecular formula is C23H26N4O2. The van der Waals surface area contributed by atoms with Crippen LogP contribution in [-0.4, -0.2) is 38.6 Å². The summed E-state index contributed by atoms with van der Waals surface area (Å²) in [6.45, 7) is 0.720. The highest BCUT2D eigenvalue weighted by molar-refractivity contribution is 6.03. The Balaban J connectivity index is 1.59. The SMILES string of the molecule is COc1ccccc1CCNc1ccnc(C(=O)Nc2ccc(N(C)C)cc2)c1. The predicted molar refractivity (Wildman–Crippen MR) is 118 cm³/mol. The van der Waals surface area contributed by atoms with Crippen LogP contribution < -0.4 is 20.3 Å². The van der Waals surface area contributed by atoms with Gasteiger partial charge in [0.2, 0.25) is 0 Å². The number of hydrogen-bond donors (Lipinski definition) is 2. The normalized spacial score (nSPS) is 10.3. The van der Waals surface area contributed by atoms with Gasteiger partial charge < -0.3 is 20.3 Å². The minimum atomic E-state index is -0.240. The third-order valence-electron chi connectivity index (χ3n) is 4.55. The molecule has 0 radical (unpaired) electrons. The predicted octanol–water partition coefficient (Wildman–Crippen LogP) is 4.06. The minimum absolute atomic E-state index is 0.240. The first kappa shape index (κ1) is 20.2. The second kappa shape index (κ2) is 9.59. The van der Waals surface area contributed by atoms with Crippen molar-refractivity contribution >= 4 is 23.0 Å². The zero-order valence-electron chi connectivity index (χ0n) is 17.0. The van der Waals surface area contributed by atoms with Crippen molar-refractivity contribution in [2.75, 3.05) is 43.3 Å². The summed E-state index contributed by atoms with van der Waals surface area (Å²) in [5.41, 5.74) is 4.15. The van der Waals surface area contributed by atoms with E-state index in [0.29, 0.717) is 5.69 Å². The second-order valence-electron chi connectivity index (χ2n) is 6.81. The van der Waals surface area contributed by atoms with E-state index in [1.807, 2.05) is 73.6 Å². The lowest BCUT2D eigenvalue weighted by molar-refractivity contribution is 0.102. The quantitative estimate of drug-likeness (QED) is 0.607. The average Bonchev–Trinajstić information content (AvgIpc) is 2.74. The van der Waals surface area contributed by atoms with E-state index in [4.69, 9.17) is 4.74 Å². The van der Waals surface area contributed by atoms with Gasteiger partial charge in [0.1, 0.15) is 11.4 Å². The summed E-state index contributed by atoms with van der Waals surface area (Å²) in [6, 6.07) is 19.2. The Kier molecular flexibility index (Phi) is 6.68. The fourth-order valence-corrected chi connectivity index (χ4v) is 2.95. The minimum Gasteiger partial charge on any atom is -0.496 e. The van der Waals surface area contributed by atoms with E-state index >= 15 is 0 Å². The van der Waals surface area contributed by atoms with Crippen LogP contribution in [0.2, 0.25) is 0 Å². The Bertz CT molecular complexity index is 955. The number of amides is 1. The molecule has 0 unspecified atom stereocenters. The maximum absolute atomic E-state index is 12.5. The molecule has 150 valence electrons. The number of anilines is 3. The van der Waals surface area contributed by atoms with E-state index < -0.39 is 0 Å². The Morgan fingerprint density at radius 3 is 2.52 bits per heavy atom. The number of aromatic nitrogens is 1. The highest BCUT2D eigenvalue weighted by Crippen LogP contribution is 2.19. The third-order valence-corrected chi connectivity index (χ3v) is 4.55. The van der Waals surface area contributed by atoms with Crippen molar-refractivity contribution in [1.82, 2.24) is 4.98 Å². The number of carbonyl (C=O) groups excluding carboxylic acids is 1. The Morgan fingerprint density at radius 2 is 1.79 bits per heavy atom. The number of ether oxygens (including phenoxy) is 1. The van der Waals surface area contributed by atoms with Gasteiger partial charge in [-0.2, -0.15) is 0 Å². The van der Waals surface area contributed by atoms with Crippen molar-refractivity contribution in [3.63, 3.8) is 0 Å². The second-order valence-corrected chi connectivity index (χ2v) is 6.81. The maximum Gasteiger partial charge on any atom is 0.274 e. The summed E-state index contributed by atoms with van der Waals surface area (Å²) in [5.74, 6) is 0.639. The van der Waals surface area contributed by atoms with Crippen LogP contribution in [0.5, 0.6) is 5.75 Å². The van der Waals surface area contributed by atoms with Gasteiger partial charge in [0, 0.05) is 43.9 Å². The lowest BCUT2D eigenvalue weighted by Gasteiger charge is -2.13. The molecule has 6 nitrogen and oxygen atoms in total. The first-order chi connectivity index (χ1) is 14.1. The fourth-order valence-electron chi connectivity index (χ4n) is 2.95. The lowest BCUT2D eigenvalue weighted by atomic mass is 10.1. The van der Waals surface area contributed by atoms with E-state index in [2.05, 4.69) is 15.6 Å². The number of nitrogens with zero attached hydrogens (tertiary/aromatic N) is 2. The van der Waals surface area contributed by atoms with Crippen LogP contribution in [0.25, 0.3) is 0 Å². The molecule has 0 aliphatic heterocycles. The van der Waals surface area contributed by atoms with Gasteiger partial charge in [0.25, 0.3) is 5.91 Å². The molecule has 3 aromatic rings. The Hall–Kier alpha value is -3.54. The van der Waals surface area contributed by atoms with Gasteiger partial charge in [-0.15, -0.1) is 0 Å². The molecule has 3 rings (SSSR count). The van der Waals surface area contributed by atoms with E-state index in [-0.39, 0.29) is 5.91 Å². The molecule has 0 saturated heterocycles. The van der Waals surface area contributed by atoms with Crippen molar-refractivity contribution in [2.24, 2.45) is 0 Å². The third kappa shape index (κ3) is 5.48. The van der Waals surface area contributed by atoms with Gasteiger partial charge in [-0.25, -0.2) is 0 Å². The molecule has 29 heavy (non-hydrogen) atoms. The fraction of sp³-hybridized carbons (Fsp3) is 0.217. The van der Waals surface area contributed by atoms with E-state index in [0.717, 1.165) is 41.3 Å². The van der Waals surface area contributed by atoms with E-state index in [9.17, 15) is 4.79 Å². The van der Waals surface area contributed by atoms with Crippen LogP contribution in [0.15, 0.2) is 66.9 Å². The van der Waals surface area contributed by atoms with Crippen molar-refractivity contribution in [3.05, 3.63) is 78.1 Å². The van der Waals surface area contributed by atoms with Crippen molar-refractivity contribution < 1.29 is 9.53 Å². The van der Waals surface area contributed by atoms with Gasteiger partial charge in [0.15, 0.2) is 0 Å². The van der Waals surface area contributed by atoms with Crippen LogP contribution in [0.3, 0.4) is 0 Å². The number of rotatable bonds is 8. The number of para-hydroxylation sites is 1.